The largest absolute Gasteiger partial charge is 0.481 e. The fourth-order valence-electron chi connectivity index (χ4n) is 2.65. The second-order valence-corrected chi connectivity index (χ2v) is 6.40. The molecule has 1 atom stereocenters. The lowest BCUT2D eigenvalue weighted by atomic mass is 9.97. The van der Waals surface area contributed by atoms with Gasteiger partial charge in [-0.2, -0.15) is 0 Å². The van der Waals surface area contributed by atoms with Crippen LogP contribution in [0.25, 0.3) is 0 Å². The Morgan fingerprint density at radius 1 is 0.792 bits per heavy atom. The van der Waals surface area contributed by atoms with Crippen molar-refractivity contribution in [2.45, 2.75) is 83.5 Å². The molecule has 0 spiro atoms. The van der Waals surface area contributed by atoms with Crippen LogP contribution in [-0.4, -0.2) is 22.2 Å². The van der Waals surface area contributed by atoms with Gasteiger partial charge in [0.25, 0.3) is 0 Å². The summed E-state index contributed by atoms with van der Waals surface area (Å²) in [5, 5.41) is 17.1. The van der Waals surface area contributed by atoms with Crippen molar-refractivity contribution in [3.63, 3.8) is 0 Å². The van der Waals surface area contributed by atoms with Gasteiger partial charge >= 0.3 is 11.9 Å². The van der Waals surface area contributed by atoms with E-state index >= 15 is 0 Å². The highest BCUT2D eigenvalue weighted by molar-refractivity contribution is 5.66. The maximum absolute atomic E-state index is 10.4. The standard InChI is InChI=1S/C20H34O4/c1-2-18(15-11-8-9-13-17-20(23)24)14-10-6-4-3-5-7-12-16-19(21)22/h2,6,10,18H,1,3-5,7-9,11-17H2,(H,21,22)(H,23,24). The van der Waals surface area contributed by atoms with E-state index in [2.05, 4.69) is 18.7 Å². The van der Waals surface area contributed by atoms with E-state index in [-0.39, 0.29) is 12.8 Å². The number of rotatable bonds is 17. The van der Waals surface area contributed by atoms with Crippen molar-refractivity contribution in [1.82, 2.24) is 0 Å². The fraction of sp³-hybridized carbons (Fsp3) is 0.700. The minimum atomic E-state index is -0.703. The normalized spacial score (nSPS) is 12.3. The van der Waals surface area contributed by atoms with E-state index in [1.165, 1.54) is 0 Å². The second-order valence-electron chi connectivity index (χ2n) is 6.40. The number of carboxylic acid groups (broad SMARTS) is 2. The maximum atomic E-state index is 10.4. The molecule has 0 radical (unpaired) electrons. The van der Waals surface area contributed by atoms with Crippen molar-refractivity contribution in [2.24, 2.45) is 5.92 Å². The first-order valence-electron chi connectivity index (χ1n) is 9.27. The number of hydrogen-bond acceptors (Lipinski definition) is 2. The highest BCUT2D eigenvalue weighted by Gasteiger charge is 2.02. The summed E-state index contributed by atoms with van der Waals surface area (Å²) >= 11 is 0. The highest BCUT2D eigenvalue weighted by atomic mass is 16.4. The number of aliphatic carboxylic acids is 2. The minimum Gasteiger partial charge on any atom is -0.481 e. The zero-order chi connectivity index (χ0) is 18.0. The Labute approximate surface area is 146 Å². The molecule has 4 heteroatoms. The van der Waals surface area contributed by atoms with Crippen molar-refractivity contribution in [1.29, 1.82) is 0 Å². The molecule has 0 aliphatic carbocycles. The van der Waals surface area contributed by atoms with E-state index in [0.717, 1.165) is 70.6 Å². The van der Waals surface area contributed by atoms with Gasteiger partial charge < -0.3 is 10.2 Å². The average Bonchev–Trinajstić information content (AvgIpc) is 2.53. The predicted octanol–water partition coefficient (Wildman–Crippen LogP) is 5.59. The van der Waals surface area contributed by atoms with Crippen LogP contribution in [0.2, 0.25) is 0 Å². The number of unbranched alkanes of at least 4 members (excludes halogenated alkanes) is 7. The van der Waals surface area contributed by atoms with Gasteiger partial charge in [0, 0.05) is 12.8 Å². The Morgan fingerprint density at radius 3 is 1.88 bits per heavy atom. The summed E-state index contributed by atoms with van der Waals surface area (Å²) < 4.78 is 0. The van der Waals surface area contributed by atoms with Gasteiger partial charge in [-0.1, -0.05) is 50.3 Å². The fourth-order valence-corrected chi connectivity index (χ4v) is 2.65. The molecule has 0 aliphatic heterocycles. The number of allylic oxidation sites excluding steroid dienone is 3. The molecule has 24 heavy (non-hydrogen) atoms. The maximum Gasteiger partial charge on any atom is 0.303 e. The summed E-state index contributed by atoms with van der Waals surface area (Å²) in [6.07, 6.45) is 18.2. The van der Waals surface area contributed by atoms with Gasteiger partial charge in [-0.05, 0) is 44.4 Å². The van der Waals surface area contributed by atoms with Crippen LogP contribution in [0.3, 0.4) is 0 Å². The van der Waals surface area contributed by atoms with Crippen LogP contribution in [0.4, 0.5) is 0 Å². The van der Waals surface area contributed by atoms with E-state index in [1.54, 1.807) is 0 Å². The van der Waals surface area contributed by atoms with E-state index in [4.69, 9.17) is 10.2 Å². The van der Waals surface area contributed by atoms with E-state index in [0.29, 0.717) is 5.92 Å². The van der Waals surface area contributed by atoms with Crippen LogP contribution < -0.4 is 0 Å². The lowest BCUT2D eigenvalue weighted by Gasteiger charge is -2.09. The summed E-state index contributed by atoms with van der Waals surface area (Å²) in [5.41, 5.74) is 0. The molecular formula is C20H34O4. The molecule has 0 amide bonds. The third kappa shape index (κ3) is 16.8. The smallest absolute Gasteiger partial charge is 0.303 e. The molecule has 0 aromatic heterocycles. The molecule has 0 fully saturated rings. The lowest BCUT2D eigenvalue weighted by molar-refractivity contribution is -0.138. The molecule has 138 valence electrons. The molecule has 4 nitrogen and oxygen atoms in total. The predicted molar refractivity (Wildman–Crippen MR) is 98.1 cm³/mol. The molecule has 0 saturated carbocycles. The van der Waals surface area contributed by atoms with Gasteiger partial charge in [-0.3, -0.25) is 9.59 Å². The first-order chi connectivity index (χ1) is 11.6. The third-order valence-corrected chi connectivity index (χ3v) is 4.17. The molecule has 2 N–H and O–H groups in total. The van der Waals surface area contributed by atoms with Gasteiger partial charge in [0.05, 0.1) is 0 Å². The van der Waals surface area contributed by atoms with Gasteiger partial charge in [-0.25, -0.2) is 0 Å². The second kappa shape index (κ2) is 16.3. The molecule has 0 aromatic rings. The quantitative estimate of drug-likeness (QED) is 0.268. The summed E-state index contributed by atoms with van der Waals surface area (Å²) in [6, 6.07) is 0. The van der Waals surface area contributed by atoms with Gasteiger partial charge in [0.15, 0.2) is 0 Å². The molecular weight excluding hydrogens is 304 g/mol. The first-order valence-corrected chi connectivity index (χ1v) is 9.27. The Kier molecular flexibility index (Phi) is 15.2. The summed E-state index contributed by atoms with van der Waals surface area (Å²) in [6.45, 7) is 3.90. The molecule has 0 saturated heterocycles. The minimum absolute atomic E-state index is 0.282. The van der Waals surface area contributed by atoms with E-state index in [1.807, 2.05) is 6.08 Å². The van der Waals surface area contributed by atoms with Crippen molar-refractivity contribution in [3.05, 3.63) is 24.8 Å². The monoisotopic (exact) mass is 338 g/mol. The molecule has 0 aromatic carbocycles. The lowest BCUT2D eigenvalue weighted by Crippen LogP contribution is -1.96. The van der Waals surface area contributed by atoms with Crippen molar-refractivity contribution >= 4 is 11.9 Å². The van der Waals surface area contributed by atoms with Crippen LogP contribution in [0, 0.1) is 5.92 Å². The van der Waals surface area contributed by atoms with Crippen LogP contribution in [0.1, 0.15) is 83.5 Å². The molecule has 1 unspecified atom stereocenters. The van der Waals surface area contributed by atoms with Gasteiger partial charge in [0.2, 0.25) is 0 Å². The first kappa shape index (κ1) is 22.4. The Balaban J connectivity index is 3.51. The van der Waals surface area contributed by atoms with Crippen LogP contribution >= 0.6 is 0 Å². The van der Waals surface area contributed by atoms with Gasteiger partial charge in [0.1, 0.15) is 0 Å². The van der Waals surface area contributed by atoms with Gasteiger partial charge in [-0.15, -0.1) is 6.58 Å². The highest BCUT2D eigenvalue weighted by Crippen LogP contribution is 2.17. The van der Waals surface area contributed by atoms with Crippen molar-refractivity contribution in [2.75, 3.05) is 0 Å². The summed E-state index contributed by atoms with van der Waals surface area (Å²) in [7, 11) is 0. The van der Waals surface area contributed by atoms with E-state index < -0.39 is 11.9 Å². The average molecular weight is 338 g/mol. The summed E-state index contributed by atoms with van der Waals surface area (Å²) in [5.74, 6) is -0.894. The van der Waals surface area contributed by atoms with Crippen molar-refractivity contribution < 1.29 is 19.8 Å². The zero-order valence-corrected chi connectivity index (χ0v) is 14.9. The Bertz CT molecular complexity index is 374. The zero-order valence-electron chi connectivity index (χ0n) is 14.9. The molecule has 0 aliphatic rings. The van der Waals surface area contributed by atoms with E-state index in [9.17, 15) is 9.59 Å². The third-order valence-electron chi connectivity index (χ3n) is 4.17. The van der Waals surface area contributed by atoms with Crippen molar-refractivity contribution in [3.8, 4) is 0 Å². The number of carboxylic acids is 2. The number of carbonyl (C=O) groups is 2. The number of hydrogen-bond donors (Lipinski definition) is 2. The van der Waals surface area contributed by atoms with Crippen LogP contribution in [0.5, 0.6) is 0 Å². The molecule has 0 heterocycles. The molecule has 0 rings (SSSR count). The summed E-state index contributed by atoms with van der Waals surface area (Å²) in [4.78, 5) is 20.8. The topological polar surface area (TPSA) is 74.6 Å². The SMILES string of the molecule is C=CC(CC=CCCCCCCC(=O)O)CCCCCCC(=O)O. The van der Waals surface area contributed by atoms with Crippen LogP contribution in [-0.2, 0) is 9.59 Å². The molecule has 0 bridgehead atoms. The Hall–Kier alpha value is -1.58. The van der Waals surface area contributed by atoms with Crippen LogP contribution in [0.15, 0.2) is 24.8 Å². The Morgan fingerprint density at radius 2 is 1.33 bits per heavy atom.